The van der Waals surface area contributed by atoms with Gasteiger partial charge in [-0.25, -0.2) is 14.5 Å². The molecule has 0 unspecified atom stereocenters. The van der Waals surface area contributed by atoms with Crippen molar-refractivity contribution in [2.45, 2.75) is 26.3 Å². The molecule has 29 heavy (non-hydrogen) atoms. The number of halogens is 1. The molecule has 3 rings (SSSR count). The molecule has 0 aliphatic rings. The number of amides is 1. The quantitative estimate of drug-likeness (QED) is 0.600. The van der Waals surface area contributed by atoms with Crippen molar-refractivity contribution < 1.29 is 14.3 Å². The number of ether oxygens (including phenoxy) is 1. The second-order valence-corrected chi connectivity index (χ2v) is 7.11. The van der Waals surface area contributed by atoms with Crippen LogP contribution >= 0.6 is 11.6 Å². The lowest BCUT2D eigenvalue weighted by Crippen LogP contribution is -2.28. The molecular weight excluding hydrogens is 392 g/mol. The maximum atomic E-state index is 12.5. The number of hydrogen-bond acceptors (Lipinski definition) is 5. The van der Waals surface area contributed by atoms with Crippen LogP contribution in [0.25, 0.3) is 5.82 Å². The second-order valence-electron chi connectivity index (χ2n) is 6.68. The van der Waals surface area contributed by atoms with Crippen molar-refractivity contribution in [3.05, 3.63) is 76.7 Å². The molecule has 7 nitrogen and oxygen atoms in total. The molecule has 0 aliphatic carbocycles. The molecule has 0 spiro atoms. The molecule has 2 aromatic heterocycles. The Labute approximate surface area is 173 Å². The van der Waals surface area contributed by atoms with Gasteiger partial charge in [0.1, 0.15) is 5.56 Å². The first kappa shape index (κ1) is 20.5. The zero-order valence-electron chi connectivity index (χ0n) is 16.1. The standard InChI is InChI=1S/C21H21ClN4O3/c1-14(2)20-17(12-25-26(20)18-5-3-4-10-23-18)21(28)29-13-19(27)24-11-15-6-8-16(22)9-7-15/h3-10,12,14H,11,13H2,1-2H3,(H,24,27). The molecule has 0 aliphatic heterocycles. The Morgan fingerprint density at radius 3 is 2.59 bits per heavy atom. The Morgan fingerprint density at radius 2 is 1.93 bits per heavy atom. The molecule has 0 saturated carbocycles. The van der Waals surface area contributed by atoms with Crippen LogP contribution in [0.3, 0.4) is 0 Å². The van der Waals surface area contributed by atoms with Crippen LogP contribution in [0.15, 0.2) is 54.9 Å². The number of carbonyl (C=O) groups is 2. The van der Waals surface area contributed by atoms with E-state index in [2.05, 4.69) is 15.4 Å². The molecule has 0 atom stereocenters. The van der Waals surface area contributed by atoms with E-state index in [1.54, 1.807) is 35.1 Å². The van der Waals surface area contributed by atoms with Gasteiger partial charge in [0.2, 0.25) is 0 Å². The first-order valence-corrected chi connectivity index (χ1v) is 9.51. The molecule has 0 bridgehead atoms. The molecule has 0 saturated heterocycles. The highest BCUT2D eigenvalue weighted by Gasteiger charge is 2.23. The first-order valence-electron chi connectivity index (χ1n) is 9.13. The average molecular weight is 413 g/mol. The van der Waals surface area contributed by atoms with E-state index in [4.69, 9.17) is 16.3 Å². The van der Waals surface area contributed by atoms with Gasteiger partial charge in [-0.2, -0.15) is 5.10 Å². The number of rotatable bonds is 7. The van der Waals surface area contributed by atoms with Crippen molar-refractivity contribution in [1.29, 1.82) is 0 Å². The predicted molar refractivity (Wildman–Crippen MR) is 109 cm³/mol. The van der Waals surface area contributed by atoms with Crippen LogP contribution in [0.2, 0.25) is 5.02 Å². The molecule has 1 amide bonds. The lowest BCUT2D eigenvalue weighted by Gasteiger charge is -2.12. The van der Waals surface area contributed by atoms with Crippen LogP contribution < -0.4 is 5.32 Å². The van der Waals surface area contributed by atoms with Gasteiger partial charge in [0.05, 0.1) is 11.9 Å². The molecular formula is C21H21ClN4O3. The minimum absolute atomic E-state index is 0.000729. The minimum Gasteiger partial charge on any atom is -0.452 e. The highest BCUT2D eigenvalue weighted by molar-refractivity contribution is 6.30. The van der Waals surface area contributed by atoms with Gasteiger partial charge in [-0.3, -0.25) is 4.79 Å². The Morgan fingerprint density at radius 1 is 1.17 bits per heavy atom. The third-order valence-corrected chi connectivity index (χ3v) is 4.43. The minimum atomic E-state index is -0.600. The summed E-state index contributed by atoms with van der Waals surface area (Å²) in [4.78, 5) is 28.8. The van der Waals surface area contributed by atoms with Gasteiger partial charge in [0.15, 0.2) is 12.4 Å². The Bertz CT molecular complexity index is 985. The summed E-state index contributed by atoms with van der Waals surface area (Å²) in [5.74, 6) is -0.384. The summed E-state index contributed by atoms with van der Waals surface area (Å²) in [6.45, 7) is 3.85. The molecule has 150 valence electrons. The maximum absolute atomic E-state index is 12.5. The van der Waals surface area contributed by atoms with Crippen LogP contribution in [-0.4, -0.2) is 33.2 Å². The average Bonchev–Trinajstić information content (AvgIpc) is 3.18. The van der Waals surface area contributed by atoms with E-state index in [1.165, 1.54) is 6.20 Å². The number of benzene rings is 1. The van der Waals surface area contributed by atoms with E-state index in [1.807, 2.05) is 32.0 Å². The summed E-state index contributed by atoms with van der Waals surface area (Å²) in [5.41, 5.74) is 1.89. The Kier molecular flexibility index (Phi) is 6.61. The van der Waals surface area contributed by atoms with Crippen LogP contribution in [0.5, 0.6) is 0 Å². The van der Waals surface area contributed by atoms with E-state index in [-0.39, 0.29) is 12.5 Å². The summed E-state index contributed by atoms with van der Waals surface area (Å²) < 4.78 is 6.80. The van der Waals surface area contributed by atoms with Gasteiger partial charge < -0.3 is 10.1 Å². The van der Waals surface area contributed by atoms with Crippen LogP contribution in [0.4, 0.5) is 0 Å². The van der Waals surface area contributed by atoms with Crippen molar-refractivity contribution in [2.24, 2.45) is 0 Å². The van der Waals surface area contributed by atoms with E-state index in [0.29, 0.717) is 28.6 Å². The molecule has 0 radical (unpaired) electrons. The van der Waals surface area contributed by atoms with E-state index in [0.717, 1.165) is 5.56 Å². The Balaban J connectivity index is 1.62. The van der Waals surface area contributed by atoms with E-state index >= 15 is 0 Å². The summed E-state index contributed by atoms with van der Waals surface area (Å²) in [6, 6.07) is 12.6. The van der Waals surface area contributed by atoms with Crippen molar-refractivity contribution >= 4 is 23.5 Å². The normalized spacial score (nSPS) is 10.8. The van der Waals surface area contributed by atoms with Crippen LogP contribution in [-0.2, 0) is 16.1 Å². The van der Waals surface area contributed by atoms with Crippen molar-refractivity contribution in [3.63, 3.8) is 0 Å². The molecule has 8 heteroatoms. The number of nitrogens with one attached hydrogen (secondary N) is 1. The van der Waals surface area contributed by atoms with Crippen molar-refractivity contribution in [1.82, 2.24) is 20.1 Å². The van der Waals surface area contributed by atoms with Gasteiger partial charge in [-0.15, -0.1) is 0 Å². The molecule has 0 fully saturated rings. The van der Waals surface area contributed by atoms with Gasteiger partial charge in [0, 0.05) is 17.8 Å². The monoisotopic (exact) mass is 412 g/mol. The zero-order chi connectivity index (χ0) is 20.8. The molecule has 3 aromatic rings. The van der Waals surface area contributed by atoms with Crippen molar-refractivity contribution in [2.75, 3.05) is 6.61 Å². The third-order valence-electron chi connectivity index (χ3n) is 4.18. The SMILES string of the molecule is CC(C)c1c(C(=O)OCC(=O)NCc2ccc(Cl)cc2)cnn1-c1ccccn1. The first-order chi connectivity index (χ1) is 14.0. The lowest BCUT2D eigenvalue weighted by atomic mass is 10.1. The Hall–Kier alpha value is -3.19. The molecule has 1 N–H and O–H groups in total. The summed E-state index contributed by atoms with van der Waals surface area (Å²) in [6.07, 6.45) is 3.10. The number of aromatic nitrogens is 3. The van der Waals surface area contributed by atoms with Gasteiger partial charge in [-0.1, -0.05) is 43.6 Å². The fourth-order valence-corrected chi connectivity index (χ4v) is 2.92. The predicted octanol–water partition coefficient (Wildman–Crippen LogP) is 3.52. The fraction of sp³-hybridized carbons (Fsp3) is 0.238. The number of carbonyl (C=O) groups excluding carboxylic acids is 2. The topological polar surface area (TPSA) is 86.1 Å². The van der Waals surface area contributed by atoms with Crippen molar-refractivity contribution in [3.8, 4) is 5.82 Å². The number of esters is 1. The van der Waals surface area contributed by atoms with Gasteiger partial charge in [0.25, 0.3) is 5.91 Å². The van der Waals surface area contributed by atoms with Crippen LogP contribution in [0.1, 0.15) is 41.4 Å². The number of hydrogen-bond donors (Lipinski definition) is 1. The lowest BCUT2D eigenvalue weighted by molar-refractivity contribution is -0.124. The van der Waals surface area contributed by atoms with Gasteiger partial charge in [-0.05, 0) is 35.7 Å². The summed E-state index contributed by atoms with van der Waals surface area (Å²) >= 11 is 5.84. The zero-order valence-corrected chi connectivity index (χ0v) is 16.9. The van der Waals surface area contributed by atoms with E-state index < -0.39 is 11.9 Å². The number of pyridine rings is 1. The summed E-state index contributed by atoms with van der Waals surface area (Å²) in [5, 5.41) is 7.61. The highest BCUT2D eigenvalue weighted by Crippen LogP contribution is 2.22. The molecule has 1 aromatic carbocycles. The van der Waals surface area contributed by atoms with Crippen LogP contribution in [0, 0.1) is 0 Å². The van der Waals surface area contributed by atoms with Gasteiger partial charge >= 0.3 is 5.97 Å². The third kappa shape index (κ3) is 5.20. The largest absolute Gasteiger partial charge is 0.452 e. The number of nitrogens with zero attached hydrogens (tertiary/aromatic N) is 3. The van der Waals surface area contributed by atoms with E-state index in [9.17, 15) is 9.59 Å². The second kappa shape index (κ2) is 9.34. The maximum Gasteiger partial charge on any atom is 0.342 e. The summed E-state index contributed by atoms with van der Waals surface area (Å²) in [7, 11) is 0. The molecule has 2 heterocycles. The highest BCUT2D eigenvalue weighted by atomic mass is 35.5. The smallest absolute Gasteiger partial charge is 0.342 e. The fourth-order valence-electron chi connectivity index (χ4n) is 2.80.